The van der Waals surface area contributed by atoms with Crippen molar-refractivity contribution in [1.29, 1.82) is 0 Å². The number of nitrogens with two attached hydrogens (primary N) is 1. The maximum Gasteiger partial charge on any atom is 0.326 e. The summed E-state index contributed by atoms with van der Waals surface area (Å²) in [4.78, 5) is 22.7. The predicted molar refractivity (Wildman–Crippen MR) is 64.4 cm³/mol. The van der Waals surface area contributed by atoms with Gasteiger partial charge in [0.05, 0.1) is 0 Å². The van der Waals surface area contributed by atoms with Crippen LogP contribution < -0.4 is 11.1 Å². The van der Waals surface area contributed by atoms with E-state index in [0.29, 0.717) is 19.4 Å². The average molecular weight is 242 g/mol. The molecular weight excluding hydrogens is 220 g/mol. The van der Waals surface area contributed by atoms with Gasteiger partial charge in [-0.25, -0.2) is 4.79 Å². The highest BCUT2D eigenvalue weighted by molar-refractivity contribution is 5.83. The first kappa shape index (κ1) is 14.0. The van der Waals surface area contributed by atoms with Crippen molar-refractivity contribution in [1.82, 2.24) is 5.32 Å². The van der Waals surface area contributed by atoms with Gasteiger partial charge in [0, 0.05) is 6.42 Å². The second-order valence-corrected chi connectivity index (χ2v) is 4.98. The fourth-order valence-corrected chi connectivity index (χ4v) is 2.26. The van der Waals surface area contributed by atoms with E-state index in [9.17, 15) is 9.59 Å². The summed E-state index contributed by atoms with van der Waals surface area (Å²) in [6.07, 6.45) is 4.62. The van der Waals surface area contributed by atoms with E-state index >= 15 is 0 Å². The highest BCUT2D eigenvalue weighted by atomic mass is 16.4. The average Bonchev–Trinajstić information content (AvgIpc) is 2.22. The van der Waals surface area contributed by atoms with Crippen molar-refractivity contribution in [3.63, 3.8) is 0 Å². The number of hydrogen-bond donors (Lipinski definition) is 3. The number of nitrogens with one attached hydrogen (secondary N) is 1. The van der Waals surface area contributed by atoms with Crippen LogP contribution in [0.15, 0.2) is 0 Å². The zero-order valence-electron chi connectivity index (χ0n) is 10.4. The van der Waals surface area contributed by atoms with Gasteiger partial charge in [-0.2, -0.15) is 0 Å². The van der Waals surface area contributed by atoms with E-state index in [4.69, 9.17) is 10.8 Å². The molecule has 0 radical (unpaired) electrons. The van der Waals surface area contributed by atoms with E-state index in [1.165, 1.54) is 0 Å². The van der Waals surface area contributed by atoms with Gasteiger partial charge in [0.1, 0.15) is 6.04 Å². The normalized spacial score (nSPS) is 19.2. The maximum atomic E-state index is 11.8. The lowest BCUT2D eigenvalue weighted by Crippen LogP contribution is -2.46. The predicted octanol–water partition coefficient (Wildman–Crippen LogP) is 0.875. The summed E-state index contributed by atoms with van der Waals surface area (Å²) < 4.78 is 0. The van der Waals surface area contributed by atoms with Crippen molar-refractivity contribution in [2.45, 2.75) is 51.5 Å². The molecule has 1 fully saturated rings. The summed E-state index contributed by atoms with van der Waals surface area (Å²) >= 11 is 0. The summed E-state index contributed by atoms with van der Waals surface area (Å²) in [5.41, 5.74) is 5.60. The molecular formula is C12H22N2O3. The number of carbonyl (C=O) groups excluding carboxylic acids is 1. The molecule has 1 amide bonds. The first-order valence-corrected chi connectivity index (χ1v) is 6.25. The Bertz CT molecular complexity index is 282. The molecule has 1 saturated carbocycles. The summed E-state index contributed by atoms with van der Waals surface area (Å²) in [6, 6.07) is -0.762. The first-order chi connectivity index (χ1) is 8.03. The van der Waals surface area contributed by atoms with Crippen LogP contribution in [0.3, 0.4) is 0 Å². The van der Waals surface area contributed by atoms with E-state index in [-0.39, 0.29) is 11.3 Å². The molecule has 4 N–H and O–H groups in total. The van der Waals surface area contributed by atoms with Crippen molar-refractivity contribution in [3.8, 4) is 0 Å². The van der Waals surface area contributed by atoms with E-state index < -0.39 is 12.0 Å². The molecule has 0 saturated heterocycles. The van der Waals surface area contributed by atoms with Crippen molar-refractivity contribution in [2.75, 3.05) is 6.54 Å². The van der Waals surface area contributed by atoms with E-state index in [1.807, 2.05) is 6.92 Å². The molecule has 1 aliphatic rings. The van der Waals surface area contributed by atoms with Crippen LogP contribution in [-0.4, -0.2) is 29.6 Å². The molecule has 1 rings (SSSR count). The summed E-state index contributed by atoms with van der Waals surface area (Å²) in [6.45, 7) is 2.40. The zero-order valence-corrected chi connectivity index (χ0v) is 10.4. The van der Waals surface area contributed by atoms with Gasteiger partial charge in [-0.1, -0.05) is 19.8 Å². The third-order valence-corrected chi connectivity index (χ3v) is 3.59. The molecule has 0 bridgehead atoms. The number of amides is 1. The minimum atomic E-state index is -0.962. The van der Waals surface area contributed by atoms with Crippen molar-refractivity contribution >= 4 is 11.9 Å². The Morgan fingerprint density at radius 3 is 2.47 bits per heavy atom. The van der Waals surface area contributed by atoms with Crippen molar-refractivity contribution in [2.24, 2.45) is 11.1 Å². The third kappa shape index (κ3) is 3.70. The molecule has 0 aliphatic heterocycles. The largest absolute Gasteiger partial charge is 0.480 e. The molecule has 17 heavy (non-hydrogen) atoms. The Morgan fingerprint density at radius 1 is 1.47 bits per heavy atom. The Labute approximate surface area is 102 Å². The molecule has 0 unspecified atom stereocenters. The number of carbonyl (C=O) groups is 2. The van der Waals surface area contributed by atoms with Crippen LogP contribution in [0.2, 0.25) is 0 Å². The van der Waals surface area contributed by atoms with Crippen LogP contribution in [0.25, 0.3) is 0 Å². The minimum Gasteiger partial charge on any atom is -0.480 e. The maximum absolute atomic E-state index is 11.8. The lowest BCUT2D eigenvalue weighted by atomic mass is 9.66. The van der Waals surface area contributed by atoms with E-state index in [2.05, 4.69) is 5.32 Å². The molecule has 0 aromatic rings. The fraction of sp³-hybridized carbons (Fsp3) is 0.833. The Kier molecular flexibility index (Phi) is 4.93. The molecule has 1 atom stereocenters. The highest BCUT2D eigenvalue weighted by Crippen LogP contribution is 2.42. The van der Waals surface area contributed by atoms with Gasteiger partial charge in [-0.15, -0.1) is 0 Å². The van der Waals surface area contributed by atoms with Crippen LogP contribution in [-0.2, 0) is 9.59 Å². The van der Waals surface area contributed by atoms with Crippen molar-refractivity contribution in [3.05, 3.63) is 0 Å². The fourth-order valence-electron chi connectivity index (χ4n) is 2.26. The van der Waals surface area contributed by atoms with Gasteiger partial charge in [-0.05, 0) is 31.2 Å². The molecule has 0 aromatic carbocycles. The highest BCUT2D eigenvalue weighted by Gasteiger charge is 2.38. The van der Waals surface area contributed by atoms with Crippen LogP contribution in [0.1, 0.15) is 45.4 Å². The molecule has 5 nitrogen and oxygen atoms in total. The summed E-state index contributed by atoms with van der Waals surface area (Å²) in [5, 5.41) is 11.5. The molecule has 5 heteroatoms. The SMILES string of the molecule is CCC[C@@H](NC(=O)CC1(CN)CCC1)C(=O)O. The number of rotatable bonds is 7. The molecule has 1 aliphatic carbocycles. The van der Waals surface area contributed by atoms with Crippen LogP contribution in [0.5, 0.6) is 0 Å². The minimum absolute atomic E-state index is 0.0701. The van der Waals surface area contributed by atoms with Gasteiger partial charge in [0.15, 0.2) is 0 Å². The smallest absolute Gasteiger partial charge is 0.326 e. The summed E-state index contributed by atoms with van der Waals surface area (Å²) in [5.74, 6) is -1.15. The number of hydrogen-bond acceptors (Lipinski definition) is 3. The Balaban J connectivity index is 2.44. The lowest BCUT2D eigenvalue weighted by Gasteiger charge is -2.40. The topological polar surface area (TPSA) is 92.4 Å². The van der Waals surface area contributed by atoms with E-state index in [1.54, 1.807) is 0 Å². The summed E-state index contributed by atoms with van der Waals surface area (Å²) in [7, 11) is 0. The molecule has 0 aromatic heterocycles. The number of aliphatic carboxylic acids is 1. The quantitative estimate of drug-likeness (QED) is 0.617. The first-order valence-electron chi connectivity index (χ1n) is 6.25. The van der Waals surface area contributed by atoms with Crippen LogP contribution in [0.4, 0.5) is 0 Å². The third-order valence-electron chi connectivity index (χ3n) is 3.59. The lowest BCUT2D eigenvalue weighted by molar-refractivity contribution is -0.142. The Morgan fingerprint density at radius 2 is 2.12 bits per heavy atom. The van der Waals surface area contributed by atoms with Gasteiger partial charge in [-0.3, -0.25) is 4.79 Å². The monoisotopic (exact) mass is 242 g/mol. The Hall–Kier alpha value is -1.10. The molecule has 0 spiro atoms. The number of carboxylic acid groups (broad SMARTS) is 1. The van der Waals surface area contributed by atoms with Crippen molar-refractivity contribution < 1.29 is 14.7 Å². The van der Waals surface area contributed by atoms with Gasteiger partial charge < -0.3 is 16.2 Å². The van der Waals surface area contributed by atoms with Gasteiger partial charge in [0.2, 0.25) is 5.91 Å². The van der Waals surface area contributed by atoms with Crippen LogP contribution in [0, 0.1) is 5.41 Å². The molecule has 0 heterocycles. The van der Waals surface area contributed by atoms with Gasteiger partial charge >= 0.3 is 5.97 Å². The standard InChI is InChI=1S/C12H22N2O3/c1-2-4-9(11(16)17)14-10(15)7-12(8-13)5-3-6-12/h9H,2-8,13H2,1H3,(H,14,15)(H,16,17)/t9-/m1/s1. The number of carboxylic acids is 1. The zero-order chi connectivity index (χ0) is 12.9. The van der Waals surface area contributed by atoms with Crippen LogP contribution >= 0.6 is 0 Å². The second kappa shape index (κ2) is 6.00. The second-order valence-electron chi connectivity index (χ2n) is 4.98. The molecule has 98 valence electrons. The van der Waals surface area contributed by atoms with E-state index in [0.717, 1.165) is 25.7 Å². The van der Waals surface area contributed by atoms with Gasteiger partial charge in [0.25, 0.3) is 0 Å².